The van der Waals surface area contributed by atoms with Crippen molar-refractivity contribution in [1.82, 2.24) is 0 Å². The van der Waals surface area contributed by atoms with Crippen molar-refractivity contribution in [3.05, 3.63) is 162 Å². The summed E-state index contributed by atoms with van der Waals surface area (Å²) in [5.41, 5.74) is 9.21. The minimum Gasteiger partial charge on any atom is -1.00 e. The van der Waals surface area contributed by atoms with E-state index in [2.05, 4.69) is 153 Å². The first-order chi connectivity index (χ1) is 28.9. The van der Waals surface area contributed by atoms with Gasteiger partial charge in [0, 0.05) is 55.1 Å². The molecule has 2 heterocycles. The average molecular weight is 953 g/mol. The van der Waals surface area contributed by atoms with Crippen molar-refractivity contribution in [2.75, 3.05) is 18.5 Å². The topological polar surface area (TPSA) is 63.6 Å². The molecule has 1 N–H and O–H groups in total. The first kappa shape index (κ1) is 48.4. The molecule has 332 valence electrons. The van der Waals surface area contributed by atoms with Crippen LogP contribution in [0.4, 0.5) is 42.2 Å². The van der Waals surface area contributed by atoms with Crippen LogP contribution in [0.2, 0.25) is 0 Å². The summed E-state index contributed by atoms with van der Waals surface area (Å²) in [6.07, 6.45) is 5.05. The van der Waals surface area contributed by atoms with Crippen LogP contribution in [0.25, 0.3) is 21.5 Å². The Morgan fingerprint density at radius 3 is 1.70 bits per heavy atom. The van der Waals surface area contributed by atoms with Gasteiger partial charge < -0.3 is 22.1 Å². The molecule has 6 aromatic carbocycles. The quantitative estimate of drug-likeness (QED) is 0.0939. The molecule has 0 fully saturated rings. The Kier molecular flexibility index (Phi) is 13.4. The number of allylic oxidation sites excluding steroid dienone is 1. The van der Waals surface area contributed by atoms with Gasteiger partial charge in [-0.1, -0.05) is 97.1 Å². The molecule has 63 heavy (non-hydrogen) atoms. The maximum absolute atomic E-state index is 12.5. The molecule has 1 unspecified atom stereocenters. The molecular formula is C49H49BrF6N3O3P. The van der Waals surface area contributed by atoms with Gasteiger partial charge in [-0.25, -0.2) is 0 Å². The number of carboxylic acid groups (broad SMARTS) is 1. The zero-order chi connectivity index (χ0) is 45.3. The summed E-state index contributed by atoms with van der Waals surface area (Å²) in [6, 6.07) is 46.1. The molecule has 2 aliphatic rings. The second-order valence-electron chi connectivity index (χ2n) is 16.3. The van der Waals surface area contributed by atoms with Crippen LogP contribution in [0, 0.1) is 0 Å². The Balaban J connectivity index is 0.000000219. The molecule has 8 rings (SSSR count). The molecule has 2 aliphatic heterocycles. The van der Waals surface area contributed by atoms with Gasteiger partial charge in [-0.3, -0.25) is 14.5 Å². The van der Waals surface area contributed by atoms with Gasteiger partial charge in [0.25, 0.3) is 0 Å². The molecule has 0 saturated heterocycles. The van der Waals surface area contributed by atoms with Crippen molar-refractivity contribution in [2.24, 2.45) is 0 Å². The van der Waals surface area contributed by atoms with Crippen molar-refractivity contribution in [3.8, 4) is 0 Å². The number of aliphatic carboxylic acids is 1. The van der Waals surface area contributed by atoms with Crippen LogP contribution in [0.5, 0.6) is 0 Å². The van der Waals surface area contributed by atoms with E-state index < -0.39 is 13.8 Å². The van der Waals surface area contributed by atoms with E-state index in [1.54, 1.807) is 11.8 Å². The maximum atomic E-state index is 12.5. The number of benzene rings is 6. The third-order valence-corrected chi connectivity index (χ3v) is 11.6. The number of para-hydroxylation sites is 1. The van der Waals surface area contributed by atoms with Crippen molar-refractivity contribution in [2.45, 2.75) is 58.3 Å². The van der Waals surface area contributed by atoms with E-state index in [9.17, 15) is 34.8 Å². The number of carbonyl (C=O) groups excluding carboxylic acids is 1. The number of carbonyl (C=O) groups is 2. The Hall–Kier alpha value is -5.65. The molecule has 6 aromatic rings. The predicted octanol–water partition coefficient (Wildman–Crippen LogP) is 10.7. The van der Waals surface area contributed by atoms with Crippen molar-refractivity contribution < 1.29 is 66.0 Å². The normalized spacial score (nSPS) is 17.4. The molecule has 0 saturated carbocycles. The third kappa shape index (κ3) is 11.3. The van der Waals surface area contributed by atoms with E-state index >= 15 is 0 Å². The van der Waals surface area contributed by atoms with Crippen LogP contribution in [-0.2, 0) is 26.8 Å². The molecule has 0 radical (unpaired) electrons. The van der Waals surface area contributed by atoms with Crippen LogP contribution in [-0.4, -0.2) is 51.1 Å². The number of rotatable bonds is 8. The number of amides is 1. The van der Waals surface area contributed by atoms with Crippen molar-refractivity contribution in [1.29, 1.82) is 0 Å². The minimum atomic E-state index is -10.7. The molecule has 0 aliphatic carbocycles. The van der Waals surface area contributed by atoms with Crippen LogP contribution >= 0.6 is 7.81 Å². The standard InChI is InChI=1S/C31H29N2O.C18H19NO2.BrH.F6P/c1-23(34)33(26-15-8-5-9-16-26)21-20-29-31(2,22-24-12-6-4-7-13-24)30-27-17-11-10-14-25(27)18-19-28(30)32(29)3;1-12-18(2,3)17-14-7-5-4-6-13(14)8-9-15(17)19(12)11-10-16(20)21;;1-7(2,3,4,5)6/h4-21H,22H2,1-3H3;4-9H,10-11H2,1-3H3;1H;/q+1;;;-1. The number of anilines is 1. The van der Waals surface area contributed by atoms with Crippen LogP contribution in [0.3, 0.4) is 0 Å². The third-order valence-electron chi connectivity index (χ3n) is 11.6. The molecule has 14 heteroatoms. The van der Waals surface area contributed by atoms with Crippen LogP contribution < -0.4 is 21.9 Å². The van der Waals surface area contributed by atoms with Gasteiger partial charge in [-0.15, -0.1) is 0 Å². The Bertz CT molecular complexity index is 2790. The summed E-state index contributed by atoms with van der Waals surface area (Å²) >= 11 is 0. The number of hydrogen-bond acceptors (Lipinski definition) is 2. The number of fused-ring (bicyclic) bond motifs is 6. The summed E-state index contributed by atoms with van der Waals surface area (Å²) in [6.45, 7) is 11.0. The van der Waals surface area contributed by atoms with Crippen LogP contribution in [0.1, 0.15) is 57.7 Å². The summed E-state index contributed by atoms with van der Waals surface area (Å²) in [4.78, 5) is 25.2. The van der Waals surface area contributed by atoms with Gasteiger partial charge in [-0.05, 0) is 78.6 Å². The molecule has 6 nitrogen and oxygen atoms in total. The fourth-order valence-corrected chi connectivity index (χ4v) is 8.67. The first-order valence-corrected chi connectivity index (χ1v) is 22.0. The van der Waals surface area contributed by atoms with Gasteiger partial charge in [0.15, 0.2) is 18.0 Å². The average Bonchev–Trinajstić information content (AvgIpc) is 3.54. The van der Waals surface area contributed by atoms with Gasteiger partial charge in [0.1, 0.15) is 13.5 Å². The van der Waals surface area contributed by atoms with Gasteiger partial charge in [0.05, 0.1) is 10.8 Å². The summed E-state index contributed by atoms with van der Waals surface area (Å²) < 4.78 is 63.6. The SMILES string of the molecule is CC(=O)N(/C=C/C1=[N+](C)c2ccc3ccccc3c2C1(C)Cc1ccccc1)c1ccccc1.CC1=[N+](CCC(=O)O)c2ccc3ccccc3c2C1(C)C.F[P-](F)(F)(F)(F)F.[Br-]. The second-order valence-corrected chi connectivity index (χ2v) is 18.2. The van der Waals surface area contributed by atoms with E-state index in [0.717, 1.165) is 17.8 Å². The number of nitrogens with zero attached hydrogens (tertiary/aromatic N) is 3. The Morgan fingerprint density at radius 2 is 1.17 bits per heavy atom. The number of carboxylic acids is 1. The van der Waals surface area contributed by atoms with E-state index in [1.807, 2.05) is 36.5 Å². The fraction of sp³-hybridized carbons (Fsp3) is 0.224. The molecule has 0 aromatic heterocycles. The van der Waals surface area contributed by atoms with Crippen molar-refractivity contribution in [3.63, 3.8) is 0 Å². The number of halogens is 7. The molecule has 0 spiro atoms. The molecular weight excluding hydrogens is 903 g/mol. The molecule has 1 atom stereocenters. The molecule has 1 amide bonds. The Morgan fingerprint density at radius 1 is 0.698 bits per heavy atom. The minimum absolute atomic E-state index is 0. The predicted molar refractivity (Wildman–Crippen MR) is 239 cm³/mol. The Labute approximate surface area is 373 Å². The summed E-state index contributed by atoms with van der Waals surface area (Å²) in [5.74, 6) is -0.772. The monoisotopic (exact) mass is 951 g/mol. The van der Waals surface area contributed by atoms with E-state index in [1.165, 1.54) is 55.3 Å². The zero-order valence-electron chi connectivity index (χ0n) is 35.7. The van der Waals surface area contributed by atoms with Gasteiger partial charge in [-0.2, -0.15) is 9.15 Å². The van der Waals surface area contributed by atoms with E-state index in [0.29, 0.717) is 6.54 Å². The molecule has 0 bridgehead atoms. The van der Waals surface area contributed by atoms with E-state index in [-0.39, 0.29) is 40.1 Å². The van der Waals surface area contributed by atoms with Gasteiger partial charge >= 0.3 is 39.0 Å². The zero-order valence-corrected chi connectivity index (χ0v) is 38.2. The smallest absolute Gasteiger partial charge is 1.00 e. The number of hydrogen-bond donors (Lipinski definition) is 1. The summed E-state index contributed by atoms with van der Waals surface area (Å²) in [7, 11) is -8.53. The largest absolute Gasteiger partial charge is 1.00 e. The van der Waals surface area contributed by atoms with Crippen molar-refractivity contribution >= 4 is 69.7 Å². The van der Waals surface area contributed by atoms with Gasteiger partial charge in [0.2, 0.25) is 17.3 Å². The fourth-order valence-electron chi connectivity index (χ4n) is 8.67. The maximum Gasteiger partial charge on any atom is -1.00 e. The first-order valence-electron chi connectivity index (χ1n) is 20.0. The van der Waals surface area contributed by atoms with Crippen LogP contribution in [0.15, 0.2) is 146 Å². The summed E-state index contributed by atoms with van der Waals surface area (Å²) in [5, 5.41) is 14.0. The second kappa shape index (κ2) is 17.5. The van der Waals surface area contributed by atoms with E-state index in [4.69, 9.17) is 5.11 Å².